The van der Waals surface area contributed by atoms with Gasteiger partial charge in [0.15, 0.2) is 0 Å². The summed E-state index contributed by atoms with van der Waals surface area (Å²) in [6, 6.07) is 0. The Morgan fingerprint density at radius 3 is 2.36 bits per heavy atom. The molecule has 3 atom stereocenters. The number of hydrogen-bond donors (Lipinski definition) is 0. The van der Waals surface area contributed by atoms with Crippen LogP contribution in [0.25, 0.3) is 0 Å². The third kappa shape index (κ3) is 8.56. The van der Waals surface area contributed by atoms with Crippen LogP contribution >= 0.6 is 0 Å². The number of ether oxygens (including phenoxy) is 1. The van der Waals surface area contributed by atoms with Crippen molar-refractivity contribution in [1.82, 2.24) is 0 Å². The second-order valence-electron chi connectivity index (χ2n) is 8.88. The summed E-state index contributed by atoms with van der Waals surface area (Å²) in [5.74, 6) is 0.673. The normalized spacial score (nSPS) is 33.6. The maximum atomic E-state index is 12.3. The molecule has 1 aliphatic heterocycles. The number of allylic oxidation sites excluding steroid dienone is 5. The fourth-order valence-electron chi connectivity index (χ4n) is 3.47. The Balaban J connectivity index is 2.98. The second-order valence-corrected chi connectivity index (χ2v) is 8.88. The zero-order valence-electron chi connectivity index (χ0n) is 17.4. The van der Waals surface area contributed by atoms with E-state index in [9.17, 15) is 4.79 Å². The van der Waals surface area contributed by atoms with Gasteiger partial charge >= 0.3 is 5.97 Å². The van der Waals surface area contributed by atoms with E-state index in [-0.39, 0.29) is 23.4 Å². The minimum absolute atomic E-state index is 0.0716. The van der Waals surface area contributed by atoms with Crippen molar-refractivity contribution in [3.63, 3.8) is 0 Å². The van der Waals surface area contributed by atoms with Crippen molar-refractivity contribution in [2.75, 3.05) is 0 Å². The minimum Gasteiger partial charge on any atom is -0.461 e. The highest BCUT2D eigenvalue weighted by Gasteiger charge is 2.32. The molecule has 2 heteroatoms. The van der Waals surface area contributed by atoms with Crippen LogP contribution in [0.15, 0.2) is 35.5 Å². The number of esters is 1. The molecule has 0 aromatic carbocycles. The lowest BCUT2D eigenvalue weighted by molar-refractivity contribution is -0.157. The van der Waals surface area contributed by atoms with Crippen LogP contribution in [0.1, 0.15) is 80.6 Å². The van der Waals surface area contributed by atoms with Gasteiger partial charge in [-0.3, -0.25) is 4.79 Å². The van der Waals surface area contributed by atoms with Crippen molar-refractivity contribution in [1.29, 1.82) is 0 Å². The van der Waals surface area contributed by atoms with Gasteiger partial charge in [-0.25, -0.2) is 0 Å². The Labute approximate surface area is 155 Å². The molecule has 142 valence electrons. The standard InChI is InChI=1S/C23H38O2/c1-17-10-8-11-18(2)16-19(3)12-9-13-20(4)22(23(5,6)7)25-21(24)15-14-17/h9-10,13,16,19-20,22H,8,11-12,14-15H2,1-7H3/b13-9+,17-10+,18-16+/t19-,20-,22-/m0/s1. The molecule has 1 aliphatic rings. The van der Waals surface area contributed by atoms with E-state index in [2.05, 4.69) is 72.8 Å². The molecule has 0 aromatic heterocycles. The molecular formula is C23H38O2. The first-order valence-corrected chi connectivity index (χ1v) is 9.78. The van der Waals surface area contributed by atoms with Crippen molar-refractivity contribution in [3.05, 3.63) is 35.5 Å². The third-order valence-corrected chi connectivity index (χ3v) is 4.86. The van der Waals surface area contributed by atoms with E-state index < -0.39 is 0 Å². The van der Waals surface area contributed by atoms with Crippen LogP contribution in [-0.2, 0) is 9.53 Å². The summed E-state index contributed by atoms with van der Waals surface area (Å²) in [6.07, 6.45) is 13.5. The van der Waals surface area contributed by atoms with E-state index in [1.54, 1.807) is 0 Å². The Hall–Kier alpha value is -1.31. The molecule has 0 amide bonds. The fraction of sp³-hybridized carbons (Fsp3) is 0.696. The highest BCUT2D eigenvalue weighted by molar-refractivity contribution is 5.70. The highest BCUT2D eigenvalue weighted by Crippen LogP contribution is 2.30. The number of cyclic esters (lactones) is 1. The first-order chi connectivity index (χ1) is 11.6. The molecular weight excluding hydrogens is 308 g/mol. The van der Waals surface area contributed by atoms with E-state index >= 15 is 0 Å². The first kappa shape index (κ1) is 21.7. The summed E-state index contributed by atoms with van der Waals surface area (Å²) in [6.45, 7) is 15.2. The van der Waals surface area contributed by atoms with Crippen LogP contribution < -0.4 is 0 Å². The van der Waals surface area contributed by atoms with Crippen LogP contribution in [0.4, 0.5) is 0 Å². The molecule has 1 rings (SSSR count). The van der Waals surface area contributed by atoms with Gasteiger partial charge in [-0.15, -0.1) is 0 Å². The van der Waals surface area contributed by atoms with E-state index in [0.29, 0.717) is 12.3 Å². The van der Waals surface area contributed by atoms with Crippen molar-refractivity contribution >= 4 is 5.97 Å². The largest absolute Gasteiger partial charge is 0.461 e. The molecule has 0 bridgehead atoms. The summed E-state index contributed by atoms with van der Waals surface area (Å²) in [7, 11) is 0. The predicted octanol–water partition coefficient (Wildman–Crippen LogP) is 6.63. The Bertz CT molecular complexity index is 517. The molecule has 0 spiro atoms. The molecule has 0 unspecified atom stereocenters. The highest BCUT2D eigenvalue weighted by atomic mass is 16.5. The molecule has 0 aliphatic carbocycles. The van der Waals surface area contributed by atoms with Gasteiger partial charge in [-0.2, -0.15) is 0 Å². The summed E-state index contributed by atoms with van der Waals surface area (Å²) in [5, 5.41) is 0. The number of rotatable bonds is 0. The van der Waals surface area contributed by atoms with E-state index in [1.165, 1.54) is 11.1 Å². The van der Waals surface area contributed by atoms with Crippen LogP contribution in [0.5, 0.6) is 0 Å². The maximum absolute atomic E-state index is 12.3. The Kier molecular flexibility index (Phi) is 8.68. The molecule has 0 N–H and O–H groups in total. The summed E-state index contributed by atoms with van der Waals surface area (Å²) in [5.41, 5.74) is 2.67. The molecule has 0 saturated carbocycles. The van der Waals surface area contributed by atoms with E-state index in [1.807, 2.05) is 0 Å². The number of carbonyl (C=O) groups excluding carboxylic acids is 1. The monoisotopic (exact) mass is 346 g/mol. The van der Waals surface area contributed by atoms with Gasteiger partial charge in [0.1, 0.15) is 6.10 Å². The fourth-order valence-corrected chi connectivity index (χ4v) is 3.47. The van der Waals surface area contributed by atoms with Crippen molar-refractivity contribution < 1.29 is 9.53 Å². The smallest absolute Gasteiger partial charge is 0.306 e. The van der Waals surface area contributed by atoms with Crippen LogP contribution in [0, 0.1) is 17.3 Å². The zero-order chi connectivity index (χ0) is 19.0. The predicted molar refractivity (Wildman–Crippen MR) is 107 cm³/mol. The molecule has 0 radical (unpaired) electrons. The van der Waals surface area contributed by atoms with Crippen LogP contribution in [-0.4, -0.2) is 12.1 Å². The maximum Gasteiger partial charge on any atom is 0.306 e. The summed E-state index contributed by atoms with van der Waals surface area (Å²) in [4.78, 5) is 12.3. The summed E-state index contributed by atoms with van der Waals surface area (Å²) < 4.78 is 5.89. The SMILES string of the molecule is C/C1=C\[C@@H](C)C/C=C/[C@H](C)[C@@H](C(C)(C)C)OC(=O)CC/C(C)=C/CC1. The average Bonchev–Trinajstić information content (AvgIpc) is 2.48. The van der Waals surface area contributed by atoms with Gasteiger partial charge in [-0.1, -0.05) is 70.1 Å². The average molecular weight is 347 g/mol. The van der Waals surface area contributed by atoms with Crippen LogP contribution in [0.3, 0.4) is 0 Å². The van der Waals surface area contributed by atoms with Crippen LogP contribution in [0.2, 0.25) is 0 Å². The lowest BCUT2D eigenvalue weighted by Crippen LogP contribution is -2.36. The molecule has 25 heavy (non-hydrogen) atoms. The lowest BCUT2D eigenvalue weighted by atomic mass is 9.81. The van der Waals surface area contributed by atoms with Crippen molar-refractivity contribution in [2.45, 2.75) is 86.7 Å². The summed E-state index contributed by atoms with van der Waals surface area (Å²) >= 11 is 0. The van der Waals surface area contributed by atoms with Gasteiger partial charge < -0.3 is 4.74 Å². The molecule has 0 saturated heterocycles. The van der Waals surface area contributed by atoms with Gasteiger partial charge in [0.25, 0.3) is 0 Å². The molecule has 2 nitrogen and oxygen atoms in total. The van der Waals surface area contributed by atoms with Gasteiger partial charge in [-0.05, 0) is 50.9 Å². The zero-order valence-corrected chi connectivity index (χ0v) is 17.4. The second kappa shape index (κ2) is 9.99. The van der Waals surface area contributed by atoms with Gasteiger partial charge in [0.05, 0.1) is 0 Å². The molecule has 0 aromatic rings. The quantitative estimate of drug-likeness (QED) is 0.363. The third-order valence-electron chi connectivity index (χ3n) is 4.86. The molecule has 0 fully saturated rings. The van der Waals surface area contributed by atoms with Gasteiger partial charge in [0.2, 0.25) is 0 Å². The van der Waals surface area contributed by atoms with Gasteiger partial charge in [0, 0.05) is 12.3 Å². The Morgan fingerprint density at radius 1 is 1.04 bits per heavy atom. The van der Waals surface area contributed by atoms with E-state index in [0.717, 1.165) is 25.7 Å². The van der Waals surface area contributed by atoms with Crippen molar-refractivity contribution in [2.24, 2.45) is 17.3 Å². The minimum atomic E-state index is -0.0963. The number of hydrogen-bond acceptors (Lipinski definition) is 2. The first-order valence-electron chi connectivity index (χ1n) is 9.78. The van der Waals surface area contributed by atoms with E-state index in [4.69, 9.17) is 4.74 Å². The number of carbonyl (C=O) groups is 1. The topological polar surface area (TPSA) is 26.3 Å². The van der Waals surface area contributed by atoms with Crippen molar-refractivity contribution in [3.8, 4) is 0 Å². The molecule has 1 heterocycles. The lowest BCUT2D eigenvalue weighted by Gasteiger charge is -2.33. The Morgan fingerprint density at radius 2 is 1.72 bits per heavy atom.